The zero-order chi connectivity index (χ0) is 20.0. The minimum absolute atomic E-state index is 0.136. The zero-order valence-electron chi connectivity index (χ0n) is 15.6. The average molecular weight is 396 g/mol. The lowest BCUT2D eigenvalue weighted by Gasteiger charge is -2.38. The molecular weight excluding hydrogens is 370 g/mol. The molecule has 0 saturated carbocycles. The molecule has 0 unspecified atom stereocenters. The summed E-state index contributed by atoms with van der Waals surface area (Å²) < 4.78 is 5.16. The Bertz CT molecular complexity index is 670. The Morgan fingerprint density at radius 1 is 1.22 bits per heavy atom. The molecule has 0 bridgehead atoms. The fourth-order valence-corrected chi connectivity index (χ4v) is 3.60. The number of hydrogen-bond donors (Lipinski definition) is 2. The van der Waals surface area contributed by atoms with E-state index in [9.17, 15) is 14.4 Å². The smallest absolute Gasteiger partial charge is 0.312 e. The summed E-state index contributed by atoms with van der Waals surface area (Å²) in [5.74, 6) is -0.789. The van der Waals surface area contributed by atoms with Gasteiger partial charge in [-0.1, -0.05) is 23.7 Å². The number of nitrogens with one attached hydrogen (secondary N) is 1. The molecule has 1 aromatic rings. The van der Waals surface area contributed by atoms with E-state index in [4.69, 9.17) is 22.1 Å². The first-order valence-electron chi connectivity index (χ1n) is 9.06. The molecule has 3 atom stereocenters. The molecular formula is C19H26ClN3O4. The van der Waals surface area contributed by atoms with E-state index in [0.717, 1.165) is 19.3 Å². The summed E-state index contributed by atoms with van der Waals surface area (Å²) in [7, 11) is 0. The van der Waals surface area contributed by atoms with Crippen molar-refractivity contribution in [3.05, 3.63) is 34.9 Å². The average Bonchev–Trinajstić information content (AvgIpc) is 2.59. The number of nitrogens with zero attached hydrogens (tertiary/aromatic N) is 1. The minimum atomic E-state index is -0.755. The number of piperidine rings is 1. The van der Waals surface area contributed by atoms with Gasteiger partial charge in [0.1, 0.15) is 0 Å². The van der Waals surface area contributed by atoms with Crippen molar-refractivity contribution in [3.63, 3.8) is 0 Å². The van der Waals surface area contributed by atoms with Gasteiger partial charge in [0, 0.05) is 17.1 Å². The van der Waals surface area contributed by atoms with E-state index >= 15 is 0 Å². The zero-order valence-corrected chi connectivity index (χ0v) is 16.4. The molecule has 148 valence electrons. The van der Waals surface area contributed by atoms with Gasteiger partial charge in [0.25, 0.3) is 5.91 Å². The summed E-state index contributed by atoms with van der Waals surface area (Å²) >= 11 is 5.86. The number of primary amides is 1. The van der Waals surface area contributed by atoms with Crippen LogP contribution in [0, 0.1) is 0 Å². The minimum Gasteiger partial charge on any atom is -0.455 e. The van der Waals surface area contributed by atoms with Crippen LogP contribution in [-0.4, -0.2) is 41.5 Å². The van der Waals surface area contributed by atoms with Crippen LogP contribution in [0.15, 0.2) is 24.3 Å². The third kappa shape index (κ3) is 6.13. The Morgan fingerprint density at radius 2 is 1.81 bits per heavy atom. The van der Waals surface area contributed by atoms with Crippen LogP contribution in [-0.2, 0) is 14.3 Å². The number of amides is 3. The molecule has 0 radical (unpaired) electrons. The molecule has 0 aliphatic carbocycles. The summed E-state index contributed by atoms with van der Waals surface area (Å²) in [4.78, 5) is 37.7. The fourth-order valence-electron chi connectivity index (χ4n) is 3.47. The number of carbonyl (C=O) groups excluding carboxylic acids is 3. The van der Waals surface area contributed by atoms with Crippen LogP contribution in [0.3, 0.4) is 0 Å². The second-order valence-electron chi connectivity index (χ2n) is 6.91. The maximum atomic E-state index is 12.4. The highest BCUT2D eigenvalue weighted by Gasteiger charge is 2.29. The second kappa shape index (κ2) is 9.60. The Balaban J connectivity index is 1.94. The van der Waals surface area contributed by atoms with Gasteiger partial charge in [-0.2, -0.15) is 0 Å². The molecule has 27 heavy (non-hydrogen) atoms. The van der Waals surface area contributed by atoms with Gasteiger partial charge in [0.05, 0.1) is 12.5 Å². The molecule has 0 spiro atoms. The van der Waals surface area contributed by atoms with Crippen LogP contribution in [0.4, 0.5) is 4.79 Å². The first-order valence-corrected chi connectivity index (χ1v) is 9.44. The van der Waals surface area contributed by atoms with E-state index in [1.807, 2.05) is 13.8 Å². The highest BCUT2D eigenvalue weighted by molar-refractivity contribution is 6.30. The predicted molar refractivity (Wildman–Crippen MR) is 102 cm³/mol. The lowest BCUT2D eigenvalue weighted by atomic mass is 9.97. The van der Waals surface area contributed by atoms with Crippen molar-refractivity contribution >= 4 is 29.5 Å². The molecule has 1 saturated heterocycles. The van der Waals surface area contributed by atoms with Crippen molar-refractivity contribution in [1.82, 2.24) is 10.2 Å². The van der Waals surface area contributed by atoms with Crippen molar-refractivity contribution in [3.8, 4) is 0 Å². The molecule has 1 heterocycles. The Hall–Kier alpha value is -2.28. The molecule has 2 rings (SSSR count). The van der Waals surface area contributed by atoms with Crippen LogP contribution >= 0.6 is 11.6 Å². The number of nitrogens with two attached hydrogens (primary N) is 1. The molecule has 0 aromatic heterocycles. The molecule has 3 amide bonds. The van der Waals surface area contributed by atoms with Crippen LogP contribution < -0.4 is 11.1 Å². The standard InChI is InChI=1S/C19H26ClN3O4/c1-12-4-3-5-13(2)23(12)17(24)11-27-18(25)10-16(22-19(21)26)14-6-8-15(20)9-7-14/h6-9,12-13,16H,3-5,10-11H2,1-2H3,(H3,21,22,26)/t12-,13-,16+/m1/s1. The largest absolute Gasteiger partial charge is 0.455 e. The summed E-state index contributed by atoms with van der Waals surface area (Å²) in [6.45, 7) is 3.70. The predicted octanol–water partition coefficient (Wildman–Crippen LogP) is 2.77. The van der Waals surface area contributed by atoms with Gasteiger partial charge in [-0.3, -0.25) is 9.59 Å². The Kier molecular flexibility index (Phi) is 7.47. The maximum Gasteiger partial charge on any atom is 0.312 e. The molecule has 1 aromatic carbocycles. The Labute approximate surface area is 164 Å². The summed E-state index contributed by atoms with van der Waals surface area (Å²) in [5.41, 5.74) is 5.86. The molecule has 8 heteroatoms. The van der Waals surface area contributed by atoms with Crippen molar-refractivity contribution in [2.24, 2.45) is 5.73 Å². The van der Waals surface area contributed by atoms with Crippen molar-refractivity contribution in [2.75, 3.05) is 6.61 Å². The molecule has 1 fully saturated rings. The van der Waals surface area contributed by atoms with Crippen LogP contribution in [0.2, 0.25) is 5.02 Å². The molecule has 1 aliphatic heterocycles. The van der Waals surface area contributed by atoms with Gasteiger partial charge >= 0.3 is 12.0 Å². The van der Waals surface area contributed by atoms with E-state index in [1.54, 1.807) is 29.2 Å². The van der Waals surface area contributed by atoms with Crippen molar-refractivity contribution in [2.45, 2.75) is 57.7 Å². The van der Waals surface area contributed by atoms with Gasteiger partial charge in [0.2, 0.25) is 0 Å². The van der Waals surface area contributed by atoms with Crippen LogP contribution in [0.5, 0.6) is 0 Å². The van der Waals surface area contributed by atoms with E-state index < -0.39 is 18.0 Å². The van der Waals surface area contributed by atoms with Gasteiger partial charge in [-0.25, -0.2) is 4.79 Å². The second-order valence-corrected chi connectivity index (χ2v) is 7.34. The normalized spacial score (nSPS) is 20.6. The van der Waals surface area contributed by atoms with Crippen LogP contribution in [0.1, 0.15) is 51.1 Å². The number of esters is 1. The monoisotopic (exact) mass is 395 g/mol. The number of urea groups is 1. The number of hydrogen-bond acceptors (Lipinski definition) is 4. The Morgan fingerprint density at radius 3 is 2.37 bits per heavy atom. The number of benzene rings is 1. The van der Waals surface area contributed by atoms with E-state index in [0.29, 0.717) is 10.6 Å². The topological polar surface area (TPSA) is 102 Å². The highest BCUT2D eigenvalue weighted by atomic mass is 35.5. The summed E-state index contributed by atoms with van der Waals surface area (Å²) in [6.07, 6.45) is 2.85. The van der Waals surface area contributed by atoms with Crippen molar-refractivity contribution in [1.29, 1.82) is 0 Å². The van der Waals surface area contributed by atoms with Gasteiger partial charge < -0.3 is 20.7 Å². The third-order valence-electron chi connectivity index (χ3n) is 4.80. The van der Waals surface area contributed by atoms with E-state index in [-0.39, 0.29) is 31.0 Å². The SMILES string of the molecule is C[C@@H]1CCC[C@@H](C)N1C(=O)COC(=O)C[C@H](NC(N)=O)c1ccc(Cl)cc1. The fraction of sp³-hybridized carbons (Fsp3) is 0.526. The third-order valence-corrected chi connectivity index (χ3v) is 5.05. The number of rotatable bonds is 6. The molecule has 3 N–H and O–H groups in total. The summed E-state index contributed by atoms with van der Waals surface area (Å²) in [6, 6.07) is 5.56. The van der Waals surface area contributed by atoms with Crippen LogP contribution in [0.25, 0.3) is 0 Å². The quantitative estimate of drug-likeness (QED) is 0.723. The number of ether oxygens (including phenoxy) is 1. The highest BCUT2D eigenvalue weighted by Crippen LogP contribution is 2.23. The van der Waals surface area contributed by atoms with Gasteiger partial charge in [0.15, 0.2) is 6.61 Å². The first-order chi connectivity index (χ1) is 12.8. The first kappa shape index (κ1) is 21.0. The van der Waals surface area contributed by atoms with E-state index in [1.165, 1.54) is 0 Å². The number of carbonyl (C=O) groups is 3. The van der Waals surface area contributed by atoms with Crippen molar-refractivity contribution < 1.29 is 19.1 Å². The summed E-state index contributed by atoms with van der Waals surface area (Å²) in [5, 5.41) is 3.05. The lowest BCUT2D eigenvalue weighted by Crippen LogP contribution is -2.49. The molecule has 1 aliphatic rings. The maximum absolute atomic E-state index is 12.4. The van der Waals surface area contributed by atoms with Gasteiger partial charge in [-0.15, -0.1) is 0 Å². The van der Waals surface area contributed by atoms with E-state index in [2.05, 4.69) is 5.32 Å². The van der Waals surface area contributed by atoms with Gasteiger partial charge in [-0.05, 0) is 50.8 Å². The lowest BCUT2D eigenvalue weighted by molar-refractivity contribution is -0.155. The number of halogens is 1. The number of likely N-dealkylation sites (tertiary alicyclic amines) is 1. The molecule has 7 nitrogen and oxygen atoms in total.